The zero-order valence-corrected chi connectivity index (χ0v) is 8.02. The van der Waals surface area contributed by atoms with E-state index >= 15 is 0 Å². The van der Waals surface area contributed by atoms with Crippen molar-refractivity contribution in [1.82, 2.24) is 5.06 Å². The van der Waals surface area contributed by atoms with Crippen LogP contribution >= 0.6 is 7.60 Å². The Bertz CT molecular complexity index is 264. The molecule has 6 nitrogen and oxygen atoms in total. The van der Waals surface area contributed by atoms with Crippen molar-refractivity contribution >= 4 is 14.0 Å². The van der Waals surface area contributed by atoms with Crippen LogP contribution in [0.1, 0.15) is 13.3 Å². The summed E-state index contributed by atoms with van der Waals surface area (Å²) >= 11 is 0. The predicted molar refractivity (Wildman–Crippen MR) is 43.1 cm³/mol. The fraction of sp³-hybridized carbons (Fsp3) is 0.833. The number of hydrogen-bond acceptors (Lipinski definition) is 3. The predicted octanol–water partition coefficient (Wildman–Crippen LogP) is -0.210. The van der Waals surface area contributed by atoms with Crippen LogP contribution in [0.3, 0.4) is 0 Å². The van der Waals surface area contributed by atoms with Crippen molar-refractivity contribution in [3.63, 3.8) is 0 Å². The Morgan fingerprint density at radius 2 is 2.23 bits per heavy atom. The molecule has 76 valence electrons. The highest BCUT2D eigenvalue weighted by Gasteiger charge is 2.62. The molecule has 1 aliphatic rings. The van der Waals surface area contributed by atoms with Crippen LogP contribution in [0, 0.1) is 5.92 Å². The molecule has 0 radical (unpaired) electrons. The first-order valence-electron chi connectivity index (χ1n) is 3.78. The van der Waals surface area contributed by atoms with Crippen LogP contribution in [0.2, 0.25) is 0 Å². The zero-order chi connectivity index (χ0) is 10.3. The van der Waals surface area contributed by atoms with Gasteiger partial charge in [-0.15, -0.1) is 0 Å². The van der Waals surface area contributed by atoms with E-state index < -0.39 is 12.8 Å². The quantitative estimate of drug-likeness (QED) is 0.257. The van der Waals surface area contributed by atoms with Crippen LogP contribution in [-0.2, 0) is 9.36 Å². The van der Waals surface area contributed by atoms with Crippen LogP contribution in [0.25, 0.3) is 0 Å². The summed E-state index contributed by atoms with van der Waals surface area (Å²) < 4.78 is 10.9. The largest absolute Gasteiger partial charge is 0.331 e. The third kappa shape index (κ3) is 1.91. The first-order valence-corrected chi connectivity index (χ1v) is 5.39. The van der Waals surface area contributed by atoms with Gasteiger partial charge in [-0.05, 0) is 19.3 Å². The van der Waals surface area contributed by atoms with Crippen LogP contribution < -0.4 is 0 Å². The van der Waals surface area contributed by atoms with E-state index in [1.54, 1.807) is 0 Å². The first kappa shape index (κ1) is 10.7. The van der Waals surface area contributed by atoms with Gasteiger partial charge in [0.15, 0.2) is 0 Å². The molecule has 1 fully saturated rings. The smallest absolute Gasteiger partial charge is 0.324 e. The van der Waals surface area contributed by atoms with Crippen molar-refractivity contribution in [1.29, 1.82) is 0 Å². The molecule has 0 heterocycles. The molecule has 7 heteroatoms. The van der Waals surface area contributed by atoms with Crippen molar-refractivity contribution in [2.45, 2.75) is 18.5 Å². The Balaban J connectivity index is 2.54. The molecule has 1 saturated carbocycles. The summed E-state index contributed by atoms with van der Waals surface area (Å²) in [6, 6.07) is 0. The number of rotatable bonds is 4. The lowest BCUT2D eigenvalue weighted by Gasteiger charge is -2.14. The maximum atomic E-state index is 10.9. The molecule has 0 aromatic carbocycles. The normalized spacial score (nSPS) is 32.8. The Morgan fingerprint density at radius 3 is 2.54 bits per heavy atom. The summed E-state index contributed by atoms with van der Waals surface area (Å²) in [5.74, 6) is -0.316. The summed E-state index contributed by atoms with van der Waals surface area (Å²) in [5, 5.41) is 8.13. The molecule has 1 rings (SSSR count). The molecule has 2 atom stereocenters. The van der Waals surface area contributed by atoms with E-state index in [1.165, 1.54) is 6.92 Å². The molecule has 1 amide bonds. The molecule has 3 N–H and O–H groups in total. The molecular weight excluding hydrogens is 197 g/mol. The van der Waals surface area contributed by atoms with Gasteiger partial charge in [0.2, 0.25) is 6.41 Å². The maximum Gasteiger partial charge on any atom is 0.331 e. The lowest BCUT2D eigenvalue weighted by atomic mass is 10.3. The van der Waals surface area contributed by atoms with Gasteiger partial charge >= 0.3 is 7.60 Å². The highest BCUT2D eigenvalue weighted by molar-refractivity contribution is 7.54. The second-order valence-electron chi connectivity index (χ2n) is 3.53. The Labute approximate surface area is 75.3 Å². The second kappa shape index (κ2) is 3.06. The van der Waals surface area contributed by atoms with E-state index in [-0.39, 0.29) is 18.9 Å². The first-order chi connectivity index (χ1) is 5.81. The second-order valence-corrected chi connectivity index (χ2v) is 5.64. The van der Waals surface area contributed by atoms with Crippen LogP contribution in [0.4, 0.5) is 0 Å². The lowest BCUT2D eigenvalue weighted by Crippen LogP contribution is -2.23. The average Bonchev–Trinajstić information content (AvgIpc) is 2.62. The number of hydrogen-bond donors (Lipinski definition) is 3. The van der Waals surface area contributed by atoms with Crippen LogP contribution in [0.15, 0.2) is 0 Å². The Kier molecular flexibility index (Phi) is 2.51. The molecule has 1 aliphatic carbocycles. The van der Waals surface area contributed by atoms with Crippen LogP contribution in [-0.4, -0.2) is 38.2 Å². The number of hydroxylamine groups is 2. The van der Waals surface area contributed by atoms with Gasteiger partial charge in [0.25, 0.3) is 0 Å². The van der Waals surface area contributed by atoms with Gasteiger partial charge in [-0.3, -0.25) is 14.6 Å². The molecule has 0 spiro atoms. The van der Waals surface area contributed by atoms with Crippen molar-refractivity contribution in [2.75, 3.05) is 6.54 Å². The van der Waals surface area contributed by atoms with Crippen molar-refractivity contribution in [2.24, 2.45) is 5.92 Å². The van der Waals surface area contributed by atoms with Gasteiger partial charge in [0, 0.05) is 0 Å². The molecule has 2 unspecified atom stereocenters. The van der Waals surface area contributed by atoms with Gasteiger partial charge in [-0.2, -0.15) is 0 Å². The summed E-state index contributed by atoms with van der Waals surface area (Å²) in [4.78, 5) is 27.8. The van der Waals surface area contributed by atoms with Crippen molar-refractivity contribution < 1.29 is 24.4 Å². The topological polar surface area (TPSA) is 98.1 Å². The van der Waals surface area contributed by atoms with Crippen molar-refractivity contribution in [3.8, 4) is 0 Å². The maximum absolute atomic E-state index is 10.9. The van der Waals surface area contributed by atoms with Gasteiger partial charge in [0.05, 0.1) is 11.7 Å². The van der Waals surface area contributed by atoms with Gasteiger partial charge in [-0.25, -0.2) is 5.06 Å². The monoisotopic (exact) mass is 209 g/mol. The fourth-order valence-corrected chi connectivity index (χ4v) is 2.34. The third-order valence-electron chi connectivity index (χ3n) is 2.57. The van der Waals surface area contributed by atoms with Gasteiger partial charge < -0.3 is 9.79 Å². The number of amides is 1. The summed E-state index contributed by atoms with van der Waals surface area (Å²) in [6.45, 7) is 1.43. The summed E-state index contributed by atoms with van der Waals surface area (Å²) in [7, 11) is -4.11. The average molecular weight is 209 g/mol. The van der Waals surface area contributed by atoms with E-state index in [1.807, 2.05) is 0 Å². The Hall–Kier alpha value is -0.420. The molecule has 0 saturated heterocycles. The van der Waals surface area contributed by atoms with E-state index in [4.69, 9.17) is 15.0 Å². The molecule has 0 aliphatic heterocycles. The van der Waals surface area contributed by atoms with E-state index in [9.17, 15) is 9.36 Å². The Morgan fingerprint density at radius 1 is 1.69 bits per heavy atom. The number of carbonyl (C=O) groups is 1. The van der Waals surface area contributed by atoms with Crippen LogP contribution in [0.5, 0.6) is 0 Å². The van der Waals surface area contributed by atoms with E-state index in [0.29, 0.717) is 11.5 Å². The zero-order valence-electron chi connectivity index (χ0n) is 7.12. The molecule has 0 aromatic rings. The fourth-order valence-electron chi connectivity index (χ4n) is 1.33. The van der Waals surface area contributed by atoms with E-state index in [0.717, 1.165) is 0 Å². The molecular formula is C6H12NO5P. The minimum atomic E-state index is -4.11. The van der Waals surface area contributed by atoms with Crippen molar-refractivity contribution in [3.05, 3.63) is 0 Å². The lowest BCUT2D eigenvalue weighted by molar-refractivity contribution is -0.150. The van der Waals surface area contributed by atoms with Gasteiger partial charge in [0.1, 0.15) is 0 Å². The summed E-state index contributed by atoms with van der Waals surface area (Å²) in [5.41, 5.74) is 0. The highest BCUT2D eigenvalue weighted by Crippen LogP contribution is 2.68. The SMILES string of the molecule is CC1(P(=O)(O)O)CC1CN(O)C=O. The molecule has 0 aromatic heterocycles. The minimum absolute atomic E-state index is 0.0227. The third-order valence-corrected chi connectivity index (χ3v) is 4.45. The highest BCUT2D eigenvalue weighted by atomic mass is 31.2. The standard InChI is InChI=1S/C6H12NO5P/c1-6(13(10,11)12)2-5(6)3-7(9)4-8/h4-5,9H,2-3H2,1H3,(H2,10,11,12). The minimum Gasteiger partial charge on any atom is -0.324 e. The van der Waals surface area contributed by atoms with E-state index in [2.05, 4.69) is 0 Å². The number of carbonyl (C=O) groups excluding carboxylic acids is 1. The summed E-state index contributed by atoms with van der Waals surface area (Å²) in [6.07, 6.45) is 0.556. The molecule has 0 bridgehead atoms. The number of nitrogens with zero attached hydrogens (tertiary/aromatic N) is 1. The van der Waals surface area contributed by atoms with Gasteiger partial charge in [-0.1, -0.05) is 0 Å². The molecule has 13 heavy (non-hydrogen) atoms.